The summed E-state index contributed by atoms with van der Waals surface area (Å²) in [7, 11) is 0. The topological polar surface area (TPSA) is 92.6 Å². The Morgan fingerprint density at radius 3 is 2.95 bits per heavy atom. The van der Waals surface area contributed by atoms with Crippen molar-refractivity contribution < 1.29 is 18.7 Å². The first kappa shape index (κ1) is 16.4. The van der Waals surface area contributed by atoms with E-state index in [-0.39, 0.29) is 18.0 Å². The Bertz CT molecular complexity index is 469. The largest absolute Gasteiger partial charge is 0.467 e. The summed E-state index contributed by atoms with van der Waals surface area (Å²) in [5.41, 5.74) is 0. The molecule has 2 heterocycles. The summed E-state index contributed by atoms with van der Waals surface area (Å²) in [5.74, 6) is 0.409. The number of urea groups is 1. The van der Waals surface area contributed by atoms with Crippen molar-refractivity contribution in [1.82, 2.24) is 16.0 Å². The van der Waals surface area contributed by atoms with E-state index in [1.807, 2.05) is 0 Å². The van der Waals surface area contributed by atoms with Crippen LogP contribution in [0.4, 0.5) is 4.79 Å². The summed E-state index contributed by atoms with van der Waals surface area (Å²) in [4.78, 5) is 23.5. The van der Waals surface area contributed by atoms with E-state index in [9.17, 15) is 9.59 Å². The van der Waals surface area contributed by atoms with Gasteiger partial charge < -0.3 is 25.1 Å². The molecule has 2 rings (SSSR count). The minimum absolute atomic E-state index is 0.245. The SMILES string of the molecule is C[C@@H](NC(=O)NCC[C@H]1CCCO1)C(=O)NCc1ccco1. The molecule has 3 N–H and O–H groups in total. The second-order valence-electron chi connectivity index (χ2n) is 5.34. The maximum atomic E-state index is 11.8. The van der Waals surface area contributed by atoms with Crippen LogP contribution in [0.25, 0.3) is 0 Å². The van der Waals surface area contributed by atoms with Crippen molar-refractivity contribution >= 4 is 11.9 Å². The van der Waals surface area contributed by atoms with Crippen molar-refractivity contribution in [2.45, 2.75) is 44.9 Å². The Labute approximate surface area is 129 Å². The van der Waals surface area contributed by atoms with Gasteiger partial charge in [-0.05, 0) is 38.3 Å². The van der Waals surface area contributed by atoms with Crippen LogP contribution in [0, 0.1) is 0 Å². The van der Waals surface area contributed by atoms with Gasteiger partial charge in [0.1, 0.15) is 11.8 Å². The van der Waals surface area contributed by atoms with E-state index < -0.39 is 6.04 Å². The fourth-order valence-corrected chi connectivity index (χ4v) is 2.27. The number of hydrogen-bond donors (Lipinski definition) is 3. The molecular weight excluding hydrogens is 286 g/mol. The average molecular weight is 309 g/mol. The van der Waals surface area contributed by atoms with Gasteiger partial charge in [0.15, 0.2) is 0 Å². The van der Waals surface area contributed by atoms with Gasteiger partial charge in [0, 0.05) is 13.2 Å². The normalized spacial score (nSPS) is 18.7. The number of carbonyl (C=O) groups excluding carboxylic acids is 2. The van der Waals surface area contributed by atoms with Crippen molar-refractivity contribution in [2.24, 2.45) is 0 Å². The molecule has 0 radical (unpaired) electrons. The van der Waals surface area contributed by atoms with Crippen LogP contribution in [0.15, 0.2) is 22.8 Å². The Balaban J connectivity index is 1.59. The van der Waals surface area contributed by atoms with Crippen LogP contribution in [0.1, 0.15) is 31.9 Å². The maximum Gasteiger partial charge on any atom is 0.315 e. The molecule has 1 saturated heterocycles. The van der Waals surface area contributed by atoms with E-state index in [4.69, 9.17) is 9.15 Å². The molecule has 1 aliphatic heterocycles. The van der Waals surface area contributed by atoms with Gasteiger partial charge in [-0.2, -0.15) is 0 Å². The van der Waals surface area contributed by atoms with Crippen molar-refractivity contribution in [3.05, 3.63) is 24.2 Å². The Kier molecular flexibility index (Phi) is 6.27. The molecule has 0 saturated carbocycles. The van der Waals surface area contributed by atoms with E-state index in [0.717, 1.165) is 25.9 Å². The van der Waals surface area contributed by atoms with Crippen molar-refractivity contribution in [1.29, 1.82) is 0 Å². The van der Waals surface area contributed by atoms with E-state index in [2.05, 4.69) is 16.0 Å². The van der Waals surface area contributed by atoms with E-state index in [0.29, 0.717) is 18.8 Å². The monoisotopic (exact) mass is 309 g/mol. The third-order valence-electron chi connectivity index (χ3n) is 3.53. The number of nitrogens with one attached hydrogen (secondary N) is 3. The molecule has 1 aliphatic rings. The first-order chi connectivity index (χ1) is 10.6. The number of furan rings is 1. The van der Waals surface area contributed by atoms with Gasteiger partial charge in [-0.3, -0.25) is 4.79 Å². The molecule has 7 heteroatoms. The van der Waals surface area contributed by atoms with Gasteiger partial charge in [0.25, 0.3) is 0 Å². The molecular formula is C15H23N3O4. The first-order valence-corrected chi connectivity index (χ1v) is 7.61. The number of hydrogen-bond acceptors (Lipinski definition) is 4. The molecule has 0 spiro atoms. The molecule has 7 nitrogen and oxygen atoms in total. The Morgan fingerprint density at radius 2 is 2.27 bits per heavy atom. The minimum atomic E-state index is -0.613. The highest BCUT2D eigenvalue weighted by Crippen LogP contribution is 2.14. The molecule has 0 aliphatic carbocycles. The molecule has 0 aromatic carbocycles. The zero-order chi connectivity index (χ0) is 15.8. The smallest absolute Gasteiger partial charge is 0.315 e. The lowest BCUT2D eigenvalue weighted by atomic mass is 10.2. The lowest BCUT2D eigenvalue weighted by molar-refractivity contribution is -0.122. The second-order valence-corrected chi connectivity index (χ2v) is 5.34. The summed E-state index contributed by atoms with van der Waals surface area (Å²) >= 11 is 0. The average Bonchev–Trinajstić information content (AvgIpc) is 3.18. The summed E-state index contributed by atoms with van der Waals surface area (Å²) in [6.45, 7) is 3.29. The van der Waals surface area contributed by atoms with Crippen molar-refractivity contribution in [3.63, 3.8) is 0 Å². The number of ether oxygens (including phenoxy) is 1. The van der Waals surface area contributed by atoms with Crippen LogP contribution in [-0.4, -0.2) is 37.2 Å². The predicted molar refractivity (Wildman–Crippen MR) is 80.1 cm³/mol. The molecule has 1 fully saturated rings. The summed E-state index contributed by atoms with van der Waals surface area (Å²) in [6, 6.07) is 2.57. The van der Waals surface area contributed by atoms with Crippen LogP contribution in [0.5, 0.6) is 0 Å². The summed E-state index contributed by atoms with van der Waals surface area (Å²) in [6.07, 6.45) is 4.73. The van der Waals surface area contributed by atoms with Crippen LogP contribution in [-0.2, 0) is 16.1 Å². The van der Waals surface area contributed by atoms with Gasteiger partial charge in [0.2, 0.25) is 5.91 Å². The molecule has 122 valence electrons. The molecule has 2 atom stereocenters. The molecule has 1 aromatic rings. The van der Waals surface area contributed by atoms with Crippen molar-refractivity contribution in [2.75, 3.05) is 13.2 Å². The van der Waals surface area contributed by atoms with Gasteiger partial charge in [-0.1, -0.05) is 0 Å². The standard InChI is InChI=1S/C15H23N3O4/c1-11(14(19)17-10-13-5-3-9-22-13)18-15(20)16-7-6-12-4-2-8-21-12/h3,5,9,11-12H,2,4,6-8,10H2,1H3,(H,17,19)(H2,16,18,20)/t11-,12-/m1/s1. The van der Waals surface area contributed by atoms with Gasteiger partial charge >= 0.3 is 6.03 Å². The number of carbonyl (C=O) groups is 2. The zero-order valence-corrected chi connectivity index (χ0v) is 12.8. The lowest BCUT2D eigenvalue weighted by Crippen LogP contribution is -2.48. The van der Waals surface area contributed by atoms with Crippen LogP contribution in [0.2, 0.25) is 0 Å². The first-order valence-electron chi connectivity index (χ1n) is 7.61. The van der Waals surface area contributed by atoms with Crippen LogP contribution < -0.4 is 16.0 Å². The third-order valence-corrected chi connectivity index (χ3v) is 3.53. The van der Waals surface area contributed by atoms with Crippen molar-refractivity contribution in [3.8, 4) is 0 Å². The molecule has 0 bridgehead atoms. The molecule has 22 heavy (non-hydrogen) atoms. The second kappa shape index (κ2) is 8.43. The van der Waals surface area contributed by atoms with E-state index in [1.54, 1.807) is 25.3 Å². The zero-order valence-electron chi connectivity index (χ0n) is 12.8. The number of amides is 3. The van der Waals surface area contributed by atoms with Crippen LogP contribution >= 0.6 is 0 Å². The summed E-state index contributed by atoms with van der Waals surface area (Å²) < 4.78 is 10.6. The quantitative estimate of drug-likeness (QED) is 0.704. The van der Waals surface area contributed by atoms with E-state index >= 15 is 0 Å². The lowest BCUT2D eigenvalue weighted by Gasteiger charge is -2.15. The molecule has 0 unspecified atom stereocenters. The summed E-state index contributed by atoms with van der Waals surface area (Å²) in [5, 5.41) is 8.03. The van der Waals surface area contributed by atoms with Gasteiger partial charge in [-0.25, -0.2) is 4.79 Å². The highest BCUT2D eigenvalue weighted by molar-refractivity contribution is 5.86. The van der Waals surface area contributed by atoms with Crippen LogP contribution in [0.3, 0.4) is 0 Å². The van der Waals surface area contributed by atoms with Gasteiger partial charge in [-0.15, -0.1) is 0 Å². The highest BCUT2D eigenvalue weighted by Gasteiger charge is 2.17. The van der Waals surface area contributed by atoms with Gasteiger partial charge in [0.05, 0.1) is 18.9 Å². The number of rotatable bonds is 7. The Hall–Kier alpha value is -2.02. The maximum absolute atomic E-state index is 11.8. The minimum Gasteiger partial charge on any atom is -0.467 e. The van der Waals surface area contributed by atoms with E-state index in [1.165, 1.54) is 0 Å². The fourth-order valence-electron chi connectivity index (χ4n) is 2.27. The predicted octanol–water partition coefficient (Wildman–Crippen LogP) is 1.15. The highest BCUT2D eigenvalue weighted by atomic mass is 16.5. The molecule has 1 aromatic heterocycles. The molecule has 3 amide bonds. The third kappa shape index (κ3) is 5.40. The Morgan fingerprint density at radius 1 is 1.41 bits per heavy atom. The fraction of sp³-hybridized carbons (Fsp3) is 0.600.